The first-order chi connectivity index (χ1) is 12.0. The van der Waals surface area contributed by atoms with Crippen LogP contribution in [0.15, 0.2) is 23.1 Å². The van der Waals surface area contributed by atoms with E-state index in [-0.39, 0.29) is 28.5 Å². The van der Waals surface area contributed by atoms with Crippen molar-refractivity contribution >= 4 is 10.0 Å². The summed E-state index contributed by atoms with van der Waals surface area (Å²) in [5.74, 6) is -0.114. The first kappa shape index (κ1) is 18.6. The van der Waals surface area contributed by atoms with Crippen LogP contribution in [0.5, 0.6) is 5.75 Å². The summed E-state index contributed by atoms with van der Waals surface area (Å²) in [5.41, 5.74) is 0. The molecule has 0 bridgehead atoms. The maximum Gasteiger partial charge on any atom is 0.240 e. The van der Waals surface area contributed by atoms with Gasteiger partial charge in [-0.2, -0.15) is 0 Å². The van der Waals surface area contributed by atoms with Crippen molar-refractivity contribution in [1.82, 2.24) is 10.0 Å². The van der Waals surface area contributed by atoms with Crippen LogP contribution in [0, 0.1) is 17.7 Å². The molecule has 2 aliphatic heterocycles. The Morgan fingerprint density at radius 3 is 2.92 bits per heavy atom. The fourth-order valence-electron chi connectivity index (χ4n) is 3.10. The molecule has 1 aromatic rings. The van der Waals surface area contributed by atoms with Gasteiger partial charge in [0.1, 0.15) is 0 Å². The van der Waals surface area contributed by atoms with Crippen LogP contribution in [0.3, 0.4) is 0 Å². The highest BCUT2D eigenvalue weighted by Gasteiger charge is 2.27. The fraction of sp³-hybridized carbons (Fsp3) is 0.647. The van der Waals surface area contributed by atoms with E-state index in [1.807, 2.05) is 6.92 Å². The van der Waals surface area contributed by atoms with E-state index in [1.165, 1.54) is 12.1 Å². The number of nitrogens with one attached hydrogen (secondary N) is 2. The van der Waals surface area contributed by atoms with Gasteiger partial charge in [-0.1, -0.05) is 6.92 Å². The zero-order chi connectivity index (χ0) is 17.9. The summed E-state index contributed by atoms with van der Waals surface area (Å²) in [6.45, 7) is 5.16. The molecule has 0 aromatic heterocycles. The van der Waals surface area contributed by atoms with E-state index in [4.69, 9.17) is 9.47 Å². The minimum atomic E-state index is -3.77. The maximum atomic E-state index is 14.2. The minimum absolute atomic E-state index is 0.0681. The van der Waals surface area contributed by atoms with Gasteiger partial charge in [-0.15, -0.1) is 0 Å². The molecule has 2 fully saturated rings. The molecular weight excluding hydrogens is 347 g/mol. The number of sulfonamides is 1. The van der Waals surface area contributed by atoms with Crippen LogP contribution in [-0.2, 0) is 14.8 Å². The lowest BCUT2D eigenvalue weighted by Gasteiger charge is -2.30. The molecule has 3 unspecified atom stereocenters. The van der Waals surface area contributed by atoms with Crippen LogP contribution in [-0.4, -0.2) is 47.4 Å². The minimum Gasteiger partial charge on any atom is -0.490 e. The molecule has 2 saturated heterocycles. The molecule has 2 aliphatic rings. The second-order valence-electron chi connectivity index (χ2n) is 6.83. The lowest BCUT2D eigenvalue weighted by molar-refractivity contribution is 0.165. The summed E-state index contributed by atoms with van der Waals surface area (Å²) in [7, 11) is -3.77. The number of benzene rings is 1. The predicted molar refractivity (Wildman–Crippen MR) is 91.6 cm³/mol. The van der Waals surface area contributed by atoms with Gasteiger partial charge in [0.25, 0.3) is 0 Å². The second kappa shape index (κ2) is 7.99. The molecule has 0 radical (unpaired) electrons. The predicted octanol–water partition coefficient (Wildman–Crippen LogP) is 1.52. The Morgan fingerprint density at radius 2 is 2.24 bits per heavy atom. The summed E-state index contributed by atoms with van der Waals surface area (Å²) in [6, 6.07) is 3.58. The van der Waals surface area contributed by atoms with Gasteiger partial charge in [-0.05, 0) is 43.5 Å². The maximum absolute atomic E-state index is 14.2. The SMILES string of the molecule is CC1CCNCC1NS(=O)(=O)c1ccc(OCC2CCOC2)c(F)c1. The van der Waals surface area contributed by atoms with Crippen molar-refractivity contribution in [2.75, 3.05) is 32.9 Å². The van der Waals surface area contributed by atoms with E-state index in [2.05, 4.69) is 10.0 Å². The third-order valence-corrected chi connectivity index (χ3v) is 6.33. The zero-order valence-electron chi connectivity index (χ0n) is 14.3. The summed E-state index contributed by atoms with van der Waals surface area (Å²) in [5, 5.41) is 3.17. The summed E-state index contributed by atoms with van der Waals surface area (Å²) in [4.78, 5) is -0.0840. The van der Waals surface area contributed by atoms with Crippen LogP contribution < -0.4 is 14.8 Å². The zero-order valence-corrected chi connectivity index (χ0v) is 15.1. The van der Waals surface area contributed by atoms with Crippen LogP contribution in [0.4, 0.5) is 4.39 Å². The molecule has 3 atom stereocenters. The number of hydrogen-bond donors (Lipinski definition) is 2. The van der Waals surface area contributed by atoms with Gasteiger partial charge in [0.15, 0.2) is 11.6 Å². The quantitative estimate of drug-likeness (QED) is 0.792. The van der Waals surface area contributed by atoms with Crippen molar-refractivity contribution < 1.29 is 22.3 Å². The van der Waals surface area contributed by atoms with Gasteiger partial charge >= 0.3 is 0 Å². The van der Waals surface area contributed by atoms with Crippen molar-refractivity contribution in [3.8, 4) is 5.75 Å². The first-order valence-electron chi connectivity index (χ1n) is 8.69. The number of rotatable bonds is 6. The highest BCUT2D eigenvalue weighted by atomic mass is 32.2. The molecular formula is C17H25FN2O4S. The Labute approximate surface area is 148 Å². The van der Waals surface area contributed by atoms with E-state index in [1.54, 1.807) is 0 Å². The summed E-state index contributed by atoms with van der Waals surface area (Å²) < 4.78 is 52.7. The molecule has 1 aromatic carbocycles. The van der Waals surface area contributed by atoms with Gasteiger partial charge in [0, 0.05) is 25.1 Å². The summed E-state index contributed by atoms with van der Waals surface area (Å²) in [6.07, 6.45) is 1.80. The van der Waals surface area contributed by atoms with E-state index in [0.29, 0.717) is 26.4 Å². The molecule has 140 valence electrons. The largest absolute Gasteiger partial charge is 0.490 e. The standard InChI is InChI=1S/C17H25FN2O4S/c1-12-4-6-19-9-16(12)20-25(21,22)14-2-3-17(15(18)8-14)24-11-13-5-7-23-10-13/h2-3,8,12-13,16,19-20H,4-7,9-11H2,1H3. The molecule has 2 N–H and O–H groups in total. The highest BCUT2D eigenvalue weighted by molar-refractivity contribution is 7.89. The van der Waals surface area contributed by atoms with Crippen LogP contribution >= 0.6 is 0 Å². The highest BCUT2D eigenvalue weighted by Crippen LogP contribution is 2.24. The number of hydrogen-bond acceptors (Lipinski definition) is 5. The van der Waals surface area contributed by atoms with Gasteiger partial charge in [-0.25, -0.2) is 17.5 Å². The molecule has 0 aliphatic carbocycles. The van der Waals surface area contributed by atoms with E-state index < -0.39 is 15.8 Å². The van der Waals surface area contributed by atoms with Crippen LogP contribution in [0.25, 0.3) is 0 Å². The van der Waals surface area contributed by atoms with Crippen molar-refractivity contribution in [3.05, 3.63) is 24.0 Å². The molecule has 0 amide bonds. The topological polar surface area (TPSA) is 76.7 Å². The Hall–Kier alpha value is -1.22. The number of halogens is 1. The fourth-order valence-corrected chi connectivity index (χ4v) is 4.46. The molecule has 6 nitrogen and oxygen atoms in total. The van der Waals surface area contributed by atoms with Gasteiger partial charge < -0.3 is 14.8 Å². The van der Waals surface area contributed by atoms with Crippen LogP contribution in [0.1, 0.15) is 19.8 Å². The van der Waals surface area contributed by atoms with Gasteiger partial charge in [0.05, 0.1) is 18.1 Å². The second-order valence-corrected chi connectivity index (χ2v) is 8.54. The van der Waals surface area contributed by atoms with Crippen molar-refractivity contribution in [1.29, 1.82) is 0 Å². The third kappa shape index (κ3) is 4.69. The molecule has 3 rings (SSSR count). The average molecular weight is 372 g/mol. The van der Waals surface area contributed by atoms with Crippen molar-refractivity contribution in [2.45, 2.75) is 30.7 Å². The molecule has 2 heterocycles. The van der Waals surface area contributed by atoms with Crippen LogP contribution in [0.2, 0.25) is 0 Å². The first-order valence-corrected chi connectivity index (χ1v) is 10.2. The molecule has 0 spiro atoms. The molecule has 8 heteroatoms. The Kier molecular flexibility index (Phi) is 5.93. The summed E-state index contributed by atoms with van der Waals surface area (Å²) >= 11 is 0. The molecule has 25 heavy (non-hydrogen) atoms. The Bertz CT molecular complexity index is 692. The van der Waals surface area contributed by atoms with E-state index in [9.17, 15) is 12.8 Å². The number of ether oxygens (including phenoxy) is 2. The smallest absolute Gasteiger partial charge is 0.240 e. The number of piperidine rings is 1. The van der Waals surface area contributed by atoms with E-state index in [0.717, 1.165) is 25.5 Å². The normalized spacial score (nSPS) is 27.4. The van der Waals surface area contributed by atoms with Crippen molar-refractivity contribution in [2.24, 2.45) is 11.8 Å². The van der Waals surface area contributed by atoms with Crippen molar-refractivity contribution in [3.63, 3.8) is 0 Å². The third-order valence-electron chi connectivity index (χ3n) is 4.85. The average Bonchev–Trinajstić information content (AvgIpc) is 3.09. The van der Waals surface area contributed by atoms with Gasteiger partial charge in [0.2, 0.25) is 10.0 Å². The monoisotopic (exact) mass is 372 g/mol. The lowest BCUT2D eigenvalue weighted by atomic mass is 9.96. The Balaban J connectivity index is 1.65. The Morgan fingerprint density at radius 1 is 1.40 bits per heavy atom. The lowest BCUT2D eigenvalue weighted by Crippen LogP contribution is -2.50. The van der Waals surface area contributed by atoms with E-state index >= 15 is 0 Å². The molecule has 0 saturated carbocycles. The van der Waals surface area contributed by atoms with Gasteiger partial charge in [-0.3, -0.25) is 0 Å².